The lowest BCUT2D eigenvalue weighted by Crippen LogP contribution is -2.32. The molecule has 1 fully saturated rings. The molecule has 1 saturated carbocycles. The zero-order valence-corrected chi connectivity index (χ0v) is 12.9. The summed E-state index contributed by atoms with van der Waals surface area (Å²) in [5.41, 5.74) is 2.20. The molecule has 5 heteroatoms. The van der Waals surface area contributed by atoms with Gasteiger partial charge in [-0.25, -0.2) is 0 Å². The molecular weight excluding hydrogens is 298 g/mol. The van der Waals surface area contributed by atoms with E-state index in [0.29, 0.717) is 16.6 Å². The third kappa shape index (κ3) is 3.77. The van der Waals surface area contributed by atoms with E-state index in [4.69, 9.17) is 11.6 Å². The molecule has 22 heavy (non-hydrogen) atoms. The molecule has 114 valence electrons. The zero-order chi connectivity index (χ0) is 15.4. The number of nitrogens with zero attached hydrogens (tertiary/aromatic N) is 1. The lowest BCUT2D eigenvalue weighted by Gasteiger charge is -2.12. The number of benzene rings is 1. The van der Waals surface area contributed by atoms with E-state index < -0.39 is 0 Å². The summed E-state index contributed by atoms with van der Waals surface area (Å²) in [5.74, 6) is -0.0610. The highest BCUT2D eigenvalue weighted by atomic mass is 35.5. The standard InChI is InChI=1S/C17H18ClN3O/c18-13-4-3-7-15(9-13)20-16-8-12(10-19-11-16)17(22)21-14-5-1-2-6-14/h3-4,7-11,14,20H,1-2,5-6H2,(H,21,22). The molecule has 1 amide bonds. The van der Waals surface area contributed by atoms with Crippen molar-refractivity contribution < 1.29 is 4.79 Å². The Labute approximate surface area is 134 Å². The maximum Gasteiger partial charge on any atom is 0.253 e. The van der Waals surface area contributed by atoms with Gasteiger partial charge in [0, 0.05) is 22.9 Å². The van der Waals surface area contributed by atoms with Crippen LogP contribution in [0.15, 0.2) is 42.7 Å². The molecule has 1 heterocycles. The summed E-state index contributed by atoms with van der Waals surface area (Å²) in [6, 6.07) is 9.53. The molecule has 1 aromatic heterocycles. The summed E-state index contributed by atoms with van der Waals surface area (Å²) >= 11 is 5.97. The molecule has 0 saturated heterocycles. The van der Waals surface area contributed by atoms with Gasteiger partial charge in [0.2, 0.25) is 0 Å². The number of anilines is 2. The fourth-order valence-electron chi connectivity index (χ4n) is 2.70. The first kappa shape index (κ1) is 14.9. The Bertz CT molecular complexity index is 668. The van der Waals surface area contributed by atoms with Gasteiger partial charge in [-0.3, -0.25) is 9.78 Å². The van der Waals surface area contributed by atoms with Crippen molar-refractivity contribution in [2.75, 3.05) is 5.32 Å². The third-order valence-corrected chi connectivity index (χ3v) is 4.04. The molecule has 2 N–H and O–H groups in total. The minimum atomic E-state index is -0.0610. The first-order valence-electron chi connectivity index (χ1n) is 7.49. The van der Waals surface area contributed by atoms with Crippen molar-refractivity contribution in [3.63, 3.8) is 0 Å². The first-order chi connectivity index (χ1) is 10.7. The number of halogens is 1. The average molecular weight is 316 g/mol. The van der Waals surface area contributed by atoms with Crippen molar-refractivity contribution in [2.24, 2.45) is 0 Å². The summed E-state index contributed by atoms with van der Waals surface area (Å²) in [6.07, 6.45) is 7.80. The van der Waals surface area contributed by atoms with Gasteiger partial charge in [-0.1, -0.05) is 30.5 Å². The summed E-state index contributed by atoms with van der Waals surface area (Å²) in [4.78, 5) is 16.4. The van der Waals surface area contributed by atoms with Gasteiger partial charge in [0.05, 0.1) is 17.4 Å². The first-order valence-corrected chi connectivity index (χ1v) is 7.87. The smallest absolute Gasteiger partial charge is 0.253 e. The predicted molar refractivity (Wildman–Crippen MR) is 88.7 cm³/mol. The maximum atomic E-state index is 12.3. The zero-order valence-electron chi connectivity index (χ0n) is 12.2. The molecule has 2 aromatic rings. The van der Waals surface area contributed by atoms with Crippen LogP contribution in [-0.2, 0) is 0 Å². The van der Waals surface area contributed by atoms with Crippen LogP contribution < -0.4 is 10.6 Å². The van der Waals surface area contributed by atoms with Crippen molar-refractivity contribution in [1.29, 1.82) is 0 Å². The van der Waals surface area contributed by atoms with E-state index in [1.807, 2.05) is 24.3 Å². The van der Waals surface area contributed by atoms with Crippen molar-refractivity contribution in [3.05, 3.63) is 53.3 Å². The Morgan fingerprint density at radius 1 is 1.14 bits per heavy atom. The Kier molecular flexibility index (Phi) is 4.59. The third-order valence-electron chi connectivity index (χ3n) is 3.80. The molecule has 0 spiro atoms. The Balaban J connectivity index is 1.70. The van der Waals surface area contributed by atoms with E-state index >= 15 is 0 Å². The van der Waals surface area contributed by atoms with Crippen molar-refractivity contribution in [1.82, 2.24) is 10.3 Å². The topological polar surface area (TPSA) is 54.0 Å². The number of carbonyl (C=O) groups excluding carboxylic acids is 1. The van der Waals surface area contributed by atoms with Crippen LogP contribution >= 0.6 is 11.6 Å². The maximum absolute atomic E-state index is 12.3. The van der Waals surface area contributed by atoms with Crippen LogP contribution in [-0.4, -0.2) is 16.9 Å². The van der Waals surface area contributed by atoms with Gasteiger partial charge >= 0.3 is 0 Å². The van der Waals surface area contributed by atoms with Crippen LogP contribution in [0.2, 0.25) is 5.02 Å². The largest absolute Gasteiger partial charge is 0.354 e. The summed E-state index contributed by atoms with van der Waals surface area (Å²) in [7, 11) is 0. The molecule has 4 nitrogen and oxygen atoms in total. The number of hydrogen-bond donors (Lipinski definition) is 2. The number of aromatic nitrogens is 1. The monoisotopic (exact) mass is 315 g/mol. The molecule has 1 aliphatic carbocycles. The van der Waals surface area contributed by atoms with Gasteiger partial charge < -0.3 is 10.6 Å². The molecule has 1 aromatic carbocycles. The highest BCUT2D eigenvalue weighted by molar-refractivity contribution is 6.30. The van der Waals surface area contributed by atoms with E-state index in [-0.39, 0.29) is 5.91 Å². The molecule has 0 atom stereocenters. The van der Waals surface area contributed by atoms with Gasteiger partial charge in [-0.05, 0) is 37.1 Å². The minimum absolute atomic E-state index is 0.0610. The van der Waals surface area contributed by atoms with Gasteiger partial charge in [0.1, 0.15) is 0 Å². The van der Waals surface area contributed by atoms with Crippen LogP contribution in [0.4, 0.5) is 11.4 Å². The number of rotatable bonds is 4. The summed E-state index contributed by atoms with van der Waals surface area (Å²) < 4.78 is 0. The van der Waals surface area contributed by atoms with Gasteiger partial charge in [0.25, 0.3) is 5.91 Å². The predicted octanol–water partition coefficient (Wildman–Crippen LogP) is 4.15. The molecule has 3 rings (SSSR count). The van der Waals surface area contributed by atoms with Crippen molar-refractivity contribution >= 4 is 28.9 Å². The molecule has 0 radical (unpaired) electrons. The highest BCUT2D eigenvalue weighted by Gasteiger charge is 2.18. The van der Waals surface area contributed by atoms with Crippen LogP contribution in [0.25, 0.3) is 0 Å². The van der Waals surface area contributed by atoms with Crippen molar-refractivity contribution in [2.45, 2.75) is 31.7 Å². The number of carbonyl (C=O) groups is 1. The SMILES string of the molecule is O=C(NC1CCCC1)c1cncc(Nc2cccc(Cl)c2)c1. The number of pyridine rings is 1. The quantitative estimate of drug-likeness (QED) is 0.891. The van der Waals surface area contributed by atoms with Crippen LogP contribution in [0, 0.1) is 0 Å². The Morgan fingerprint density at radius 3 is 2.73 bits per heavy atom. The van der Waals surface area contributed by atoms with E-state index in [1.54, 1.807) is 18.5 Å². The fourth-order valence-corrected chi connectivity index (χ4v) is 2.89. The minimum Gasteiger partial charge on any atom is -0.354 e. The second-order valence-electron chi connectivity index (χ2n) is 5.55. The van der Waals surface area contributed by atoms with Crippen molar-refractivity contribution in [3.8, 4) is 0 Å². The Morgan fingerprint density at radius 2 is 1.95 bits per heavy atom. The van der Waals surface area contributed by atoms with Crippen LogP contribution in [0.1, 0.15) is 36.0 Å². The van der Waals surface area contributed by atoms with Crippen LogP contribution in [0.5, 0.6) is 0 Å². The number of amides is 1. The van der Waals surface area contributed by atoms with Gasteiger partial charge in [-0.2, -0.15) is 0 Å². The highest BCUT2D eigenvalue weighted by Crippen LogP contribution is 2.21. The second-order valence-corrected chi connectivity index (χ2v) is 5.99. The number of nitrogens with one attached hydrogen (secondary N) is 2. The number of hydrogen-bond acceptors (Lipinski definition) is 3. The molecule has 0 bridgehead atoms. The van der Waals surface area contributed by atoms with E-state index in [0.717, 1.165) is 24.2 Å². The van der Waals surface area contributed by atoms with Crippen LogP contribution in [0.3, 0.4) is 0 Å². The molecule has 0 unspecified atom stereocenters. The lowest BCUT2D eigenvalue weighted by molar-refractivity contribution is 0.0937. The summed E-state index contributed by atoms with van der Waals surface area (Å²) in [6.45, 7) is 0. The van der Waals surface area contributed by atoms with Gasteiger partial charge in [0.15, 0.2) is 0 Å². The lowest BCUT2D eigenvalue weighted by atomic mass is 10.2. The fraction of sp³-hybridized carbons (Fsp3) is 0.294. The Hall–Kier alpha value is -2.07. The molecular formula is C17H18ClN3O. The van der Waals surface area contributed by atoms with Gasteiger partial charge in [-0.15, -0.1) is 0 Å². The average Bonchev–Trinajstić information content (AvgIpc) is 3.00. The van der Waals surface area contributed by atoms with E-state index in [2.05, 4.69) is 15.6 Å². The normalized spacial score (nSPS) is 14.8. The van der Waals surface area contributed by atoms with E-state index in [1.165, 1.54) is 12.8 Å². The summed E-state index contributed by atoms with van der Waals surface area (Å²) in [5, 5.41) is 6.93. The molecule has 1 aliphatic rings. The van der Waals surface area contributed by atoms with E-state index in [9.17, 15) is 4.79 Å². The molecule has 0 aliphatic heterocycles. The second kappa shape index (κ2) is 6.79.